The summed E-state index contributed by atoms with van der Waals surface area (Å²) in [6, 6.07) is 8.92. The molecule has 1 saturated heterocycles. The number of fused-ring (bicyclic) bond motifs is 3. The molecule has 4 nitrogen and oxygen atoms in total. The lowest BCUT2D eigenvalue weighted by atomic mass is 10.0. The fourth-order valence-corrected chi connectivity index (χ4v) is 5.41. The molecular formula is C25H30N4S. The highest BCUT2D eigenvalue weighted by molar-refractivity contribution is 7.07. The van der Waals surface area contributed by atoms with Gasteiger partial charge in [-0.25, -0.2) is 9.97 Å². The summed E-state index contributed by atoms with van der Waals surface area (Å²) in [6.45, 7) is 6.83. The van der Waals surface area contributed by atoms with Crippen molar-refractivity contribution in [3.05, 3.63) is 63.2 Å². The van der Waals surface area contributed by atoms with Crippen LogP contribution in [0, 0.1) is 6.92 Å². The number of aryl methyl sites for hydroxylation is 1. The average molecular weight is 419 g/mol. The first-order chi connectivity index (χ1) is 14.8. The van der Waals surface area contributed by atoms with E-state index in [-0.39, 0.29) is 0 Å². The van der Waals surface area contributed by atoms with Gasteiger partial charge in [0.15, 0.2) is 0 Å². The molecule has 156 valence electrons. The molecule has 0 radical (unpaired) electrons. The third-order valence-corrected chi connectivity index (χ3v) is 6.98. The normalized spacial score (nSPS) is 15.8. The van der Waals surface area contributed by atoms with Crippen LogP contribution >= 0.6 is 11.3 Å². The smallest absolute Gasteiger partial charge is 0.137 e. The molecule has 0 unspecified atom stereocenters. The summed E-state index contributed by atoms with van der Waals surface area (Å²) < 4.78 is 0. The van der Waals surface area contributed by atoms with Crippen LogP contribution in [0.15, 0.2) is 35.0 Å². The number of thiophene rings is 1. The summed E-state index contributed by atoms with van der Waals surface area (Å²) in [4.78, 5) is 12.6. The number of hydrogen-bond acceptors (Lipinski definition) is 5. The number of benzene rings is 1. The number of likely N-dealkylation sites (tertiary alicyclic amines) is 1. The van der Waals surface area contributed by atoms with Crippen LogP contribution in [0.1, 0.15) is 53.9 Å². The fourth-order valence-electron chi connectivity index (χ4n) is 4.74. The van der Waals surface area contributed by atoms with Crippen LogP contribution < -0.4 is 5.32 Å². The zero-order valence-electron chi connectivity index (χ0n) is 17.8. The van der Waals surface area contributed by atoms with Crippen LogP contribution in [0.5, 0.6) is 0 Å². The minimum atomic E-state index is 0.800. The van der Waals surface area contributed by atoms with Gasteiger partial charge in [0.2, 0.25) is 0 Å². The number of rotatable bonds is 7. The second-order valence-electron chi connectivity index (χ2n) is 8.64. The molecule has 5 heteroatoms. The van der Waals surface area contributed by atoms with Gasteiger partial charge in [-0.15, -0.1) is 0 Å². The number of nitrogens with zero attached hydrogens (tertiary/aromatic N) is 3. The predicted octanol–water partition coefficient (Wildman–Crippen LogP) is 5.30. The Morgan fingerprint density at radius 2 is 2.00 bits per heavy atom. The largest absolute Gasteiger partial charge is 0.369 e. The monoisotopic (exact) mass is 418 g/mol. The summed E-state index contributed by atoms with van der Waals surface area (Å²) in [6.07, 6.45) is 6.97. The van der Waals surface area contributed by atoms with Crippen LogP contribution in [0.3, 0.4) is 0 Å². The minimum absolute atomic E-state index is 0.800. The molecule has 0 bridgehead atoms. The standard InChI is InChI=1S/C25H30N4S/c1-18-6-7-21-20(14-18)16-22-24(21)25(26-9-5-12-29-10-3-2-4-11-29)28-23(27-22)15-19-8-13-30-17-19/h6-8,13-14,17H,2-5,9-12,15-16H2,1H3,(H,26,27,28). The van der Waals surface area contributed by atoms with Crippen LogP contribution in [0.2, 0.25) is 0 Å². The molecule has 2 aliphatic rings. The van der Waals surface area contributed by atoms with Gasteiger partial charge in [-0.3, -0.25) is 0 Å². The second kappa shape index (κ2) is 8.86. The lowest BCUT2D eigenvalue weighted by Gasteiger charge is -2.26. The van der Waals surface area contributed by atoms with Gasteiger partial charge in [0.25, 0.3) is 0 Å². The molecule has 1 aliphatic heterocycles. The lowest BCUT2D eigenvalue weighted by Crippen LogP contribution is -2.31. The third kappa shape index (κ3) is 4.28. The maximum atomic E-state index is 4.99. The Kier molecular flexibility index (Phi) is 5.82. The molecule has 0 amide bonds. The summed E-state index contributed by atoms with van der Waals surface area (Å²) in [5.41, 5.74) is 7.68. The molecule has 30 heavy (non-hydrogen) atoms. The van der Waals surface area contributed by atoms with Gasteiger partial charge in [-0.05, 0) is 79.3 Å². The van der Waals surface area contributed by atoms with Gasteiger partial charge in [0.1, 0.15) is 11.6 Å². The first-order valence-electron chi connectivity index (χ1n) is 11.2. The molecule has 0 spiro atoms. The van der Waals surface area contributed by atoms with E-state index in [2.05, 4.69) is 52.2 Å². The second-order valence-corrected chi connectivity index (χ2v) is 9.42. The van der Waals surface area contributed by atoms with E-state index >= 15 is 0 Å². The highest BCUT2D eigenvalue weighted by atomic mass is 32.1. The van der Waals surface area contributed by atoms with E-state index < -0.39 is 0 Å². The number of piperidine rings is 1. The first-order valence-corrected chi connectivity index (χ1v) is 12.2. The molecule has 1 aromatic carbocycles. The van der Waals surface area contributed by atoms with Crippen molar-refractivity contribution in [2.75, 3.05) is 31.5 Å². The van der Waals surface area contributed by atoms with Crippen molar-refractivity contribution in [2.24, 2.45) is 0 Å². The highest BCUT2D eigenvalue weighted by Gasteiger charge is 2.25. The number of hydrogen-bond donors (Lipinski definition) is 1. The average Bonchev–Trinajstić information content (AvgIpc) is 3.38. The summed E-state index contributed by atoms with van der Waals surface area (Å²) in [5.74, 6) is 1.95. The molecular weight excluding hydrogens is 388 g/mol. The van der Waals surface area contributed by atoms with Gasteiger partial charge in [-0.2, -0.15) is 11.3 Å². The quantitative estimate of drug-likeness (QED) is 0.414. The van der Waals surface area contributed by atoms with Crippen molar-refractivity contribution in [3.63, 3.8) is 0 Å². The van der Waals surface area contributed by atoms with Crippen molar-refractivity contribution in [2.45, 2.75) is 45.4 Å². The Morgan fingerprint density at radius 1 is 1.10 bits per heavy atom. The van der Waals surface area contributed by atoms with E-state index in [0.29, 0.717) is 0 Å². The Hall–Kier alpha value is -2.24. The Balaban J connectivity index is 1.36. The summed E-state index contributed by atoms with van der Waals surface area (Å²) in [7, 11) is 0. The minimum Gasteiger partial charge on any atom is -0.369 e. The molecule has 5 rings (SSSR count). The van der Waals surface area contributed by atoms with Crippen LogP contribution in [0.25, 0.3) is 11.1 Å². The van der Waals surface area contributed by atoms with Crippen LogP contribution in [-0.2, 0) is 12.8 Å². The topological polar surface area (TPSA) is 41.1 Å². The van der Waals surface area contributed by atoms with Gasteiger partial charge >= 0.3 is 0 Å². The molecule has 0 atom stereocenters. The van der Waals surface area contributed by atoms with E-state index in [1.807, 2.05) is 0 Å². The zero-order valence-corrected chi connectivity index (χ0v) is 18.6. The first kappa shape index (κ1) is 19.7. The maximum absolute atomic E-state index is 4.99. The van der Waals surface area contributed by atoms with Crippen molar-refractivity contribution >= 4 is 17.2 Å². The Morgan fingerprint density at radius 3 is 2.83 bits per heavy atom. The van der Waals surface area contributed by atoms with E-state index in [1.165, 1.54) is 72.4 Å². The molecule has 0 saturated carbocycles. The van der Waals surface area contributed by atoms with E-state index in [4.69, 9.17) is 9.97 Å². The van der Waals surface area contributed by atoms with Crippen molar-refractivity contribution in [3.8, 4) is 11.1 Å². The van der Waals surface area contributed by atoms with E-state index in [9.17, 15) is 0 Å². The van der Waals surface area contributed by atoms with Crippen molar-refractivity contribution < 1.29 is 0 Å². The predicted molar refractivity (Wildman–Crippen MR) is 126 cm³/mol. The van der Waals surface area contributed by atoms with Gasteiger partial charge in [-0.1, -0.05) is 30.2 Å². The lowest BCUT2D eigenvalue weighted by molar-refractivity contribution is 0.228. The van der Waals surface area contributed by atoms with E-state index in [1.54, 1.807) is 11.3 Å². The SMILES string of the molecule is Cc1ccc2c(c1)Cc1nc(Cc3ccsc3)nc(NCCCN3CCCCC3)c1-2. The molecule has 1 N–H and O–H groups in total. The highest BCUT2D eigenvalue weighted by Crippen LogP contribution is 2.40. The molecule has 3 aromatic rings. The van der Waals surface area contributed by atoms with Crippen molar-refractivity contribution in [1.29, 1.82) is 0 Å². The van der Waals surface area contributed by atoms with Gasteiger partial charge in [0.05, 0.1) is 5.69 Å². The Labute approximate surface area is 183 Å². The maximum Gasteiger partial charge on any atom is 0.137 e. The van der Waals surface area contributed by atoms with Gasteiger partial charge < -0.3 is 10.2 Å². The zero-order chi connectivity index (χ0) is 20.3. The molecule has 1 aliphatic carbocycles. The van der Waals surface area contributed by atoms with Crippen LogP contribution in [0.4, 0.5) is 5.82 Å². The fraction of sp³-hybridized carbons (Fsp3) is 0.440. The molecule has 2 aromatic heterocycles. The van der Waals surface area contributed by atoms with Gasteiger partial charge in [0, 0.05) is 24.9 Å². The van der Waals surface area contributed by atoms with Crippen LogP contribution in [-0.4, -0.2) is 41.0 Å². The number of anilines is 1. The summed E-state index contributed by atoms with van der Waals surface area (Å²) >= 11 is 1.73. The Bertz CT molecular complexity index is 1010. The van der Waals surface area contributed by atoms with E-state index in [0.717, 1.165) is 37.4 Å². The molecule has 3 heterocycles. The van der Waals surface area contributed by atoms with Crippen molar-refractivity contribution in [1.82, 2.24) is 14.9 Å². The number of aromatic nitrogens is 2. The number of nitrogens with one attached hydrogen (secondary N) is 1. The molecule has 1 fully saturated rings. The third-order valence-electron chi connectivity index (χ3n) is 6.25. The summed E-state index contributed by atoms with van der Waals surface area (Å²) in [5, 5.41) is 8.01.